The maximum Gasteiger partial charge on any atom is 0.119 e. The lowest BCUT2D eigenvalue weighted by Crippen LogP contribution is -2.19. The average Bonchev–Trinajstić information content (AvgIpc) is 2.79. The van der Waals surface area contributed by atoms with Crippen molar-refractivity contribution in [3.8, 4) is 17.2 Å². The van der Waals surface area contributed by atoms with E-state index >= 15 is 0 Å². The predicted octanol–water partition coefficient (Wildman–Crippen LogP) is 6.50. The lowest BCUT2D eigenvalue weighted by molar-refractivity contribution is 0.453. The van der Waals surface area contributed by atoms with Crippen LogP contribution in [0.4, 0.5) is 0 Å². The second-order valence-electron chi connectivity index (χ2n) is 8.78. The van der Waals surface area contributed by atoms with Crippen LogP contribution in [-0.4, -0.2) is 15.3 Å². The number of aromatic hydroxyl groups is 3. The maximum absolute atomic E-state index is 10.3. The Bertz CT molecular complexity index is 1130. The minimum Gasteiger partial charge on any atom is -0.508 e. The van der Waals surface area contributed by atoms with Crippen LogP contribution in [0.2, 0.25) is 0 Å². The fourth-order valence-electron chi connectivity index (χ4n) is 4.29. The summed E-state index contributed by atoms with van der Waals surface area (Å²) in [5.74, 6) is 0.887. The van der Waals surface area contributed by atoms with Gasteiger partial charge in [-0.2, -0.15) is 0 Å². The van der Waals surface area contributed by atoms with Gasteiger partial charge < -0.3 is 15.3 Å². The van der Waals surface area contributed by atoms with Crippen molar-refractivity contribution in [2.24, 2.45) is 0 Å². The van der Waals surface area contributed by atoms with Gasteiger partial charge in [-0.05, 0) is 59.0 Å². The normalized spacial score (nSPS) is 11.6. The van der Waals surface area contributed by atoms with Crippen LogP contribution in [-0.2, 0) is 11.8 Å². The minimum absolute atomic E-state index is 0.0910. The van der Waals surface area contributed by atoms with Crippen molar-refractivity contribution in [3.63, 3.8) is 0 Å². The first-order valence-corrected chi connectivity index (χ1v) is 10.8. The van der Waals surface area contributed by atoms with Crippen molar-refractivity contribution in [3.05, 3.63) is 125 Å². The van der Waals surface area contributed by atoms with Gasteiger partial charge in [-0.15, -0.1) is 0 Å². The Morgan fingerprint density at radius 2 is 1.12 bits per heavy atom. The molecule has 32 heavy (non-hydrogen) atoms. The summed E-state index contributed by atoms with van der Waals surface area (Å²) in [6, 6.07) is 30.7. The van der Waals surface area contributed by atoms with Gasteiger partial charge in [-0.25, -0.2) is 0 Å². The Hall–Kier alpha value is -3.72. The van der Waals surface area contributed by atoms with Crippen molar-refractivity contribution in [2.75, 3.05) is 0 Å². The van der Waals surface area contributed by atoms with Gasteiger partial charge in [0.05, 0.1) is 0 Å². The Labute approximate surface area is 189 Å². The molecule has 4 aromatic rings. The van der Waals surface area contributed by atoms with E-state index in [4.69, 9.17) is 0 Å². The molecule has 3 heteroatoms. The van der Waals surface area contributed by atoms with Crippen molar-refractivity contribution in [1.29, 1.82) is 0 Å². The van der Waals surface area contributed by atoms with Gasteiger partial charge in [0.2, 0.25) is 0 Å². The average molecular weight is 425 g/mol. The SMILES string of the molecule is CC(C)(c1ccc(CC(c2ccc(O)cc2)c2ccc(O)cc2)cc1)c1ccccc1O. The zero-order valence-electron chi connectivity index (χ0n) is 18.4. The Balaban J connectivity index is 1.64. The molecule has 0 spiro atoms. The van der Waals surface area contributed by atoms with Crippen molar-refractivity contribution >= 4 is 0 Å². The summed E-state index contributed by atoms with van der Waals surface area (Å²) in [6.45, 7) is 4.24. The second kappa shape index (κ2) is 8.80. The first kappa shape index (κ1) is 21.5. The number of hydrogen-bond acceptors (Lipinski definition) is 3. The van der Waals surface area contributed by atoms with E-state index in [0.717, 1.165) is 28.7 Å². The zero-order chi connectivity index (χ0) is 22.7. The van der Waals surface area contributed by atoms with Gasteiger partial charge in [0.15, 0.2) is 0 Å². The van der Waals surface area contributed by atoms with E-state index in [-0.39, 0.29) is 22.8 Å². The zero-order valence-corrected chi connectivity index (χ0v) is 18.4. The molecule has 0 saturated heterocycles. The molecule has 0 atom stereocenters. The summed E-state index contributed by atoms with van der Waals surface area (Å²) in [7, 11) is 0. The number of phenols is 3. The number of rotatable bonds is 6. The van der Waals surface area contributed by atoms with E-state index < -0.39 is 0 Å². The highest BCUT2D eigenvalue weighted by atomic mass is 16.3. The van der Waals surface area contributed by atoms with E-state index in [2.05, 4.69) is 38.1 Å². The second-order valence-corrected chi connectivity index (χ2v) is 8.78. The molecule has 162 valence electrons. The van der Waals surface area contributed by atoms with Crippen LogP contribution < -0.4 is 0 Å². The van der Waals surface area contributed by atoms with Crippen molar-refractivity contribution in [1.82, 2.24) is 0 Å². The third-order valence-electron chi connectivity index (χ3n) is 6.28. The third-order valence-corrected chi connectivity index (χ3v) is 6.28. The molecule has 0 aromatic heterocycles. The van der Waals surface area contributed by atoms with Gasteiger partial charge in [0, 0.05) is 16.9 Å². The van der Waals surface area contributed by atoms with Gasteiger partial charge in [0.1, 0.15) is 17.2 Å². The topological polar surface area (TPSA) is 60.7 Å². The van der Waals surface area contributed by atoms with E-state index in [0.29, 0.717) is 5.75 Å². The fraction of sp³-hybridized carbons (Fsp3) is 0.172. The molecule has 0 radical (unpaired) electrons. The highest BCUT2D eigenvalue weighted by Gasteiger charge is 2.26. The summed E-state index contributed by atoms with van der Waals surface area (Å²) < 4.78 is 0. The first-order chi connectivity index (χ1) is 15.3. The summed E-state index contributed by atoms with van der Waals surface area (Å²) in [4.78, 5) is 0. The number of benzene rings is 4. The number of para-hydroxylation sites is 1. The maximum atomic E-state index is 10.3. The first-order valence-electron chi connectivity index (χ1n) is 10.8. The van der Waals surface area contributed by atoms with Gasteiger partial charge in [0.25, 0.3) is 0 Å². The van der Waals surface area contributed by atoms with E-state index in [1.807, 2.05) is 42.5 Å². The van der Waals surface area contributed by atoms with E-state index in [9.17, 15) is 15.3 Å². The standard InChI is InChI=1S/C29H28O3/c1-29(2,27-5-3-4-6-28(27)32)23-13-7-20(8-14-23)19-26(21-9-15-24(30)16-10-21)22-11-17-25(31)18-12-22/h3-18,26,30-32H,19H2,1-2H3. The third kappa shape index (κ3) is 4.47. The molecule has 4 aromatic carbocycles. The van der Waals surface area contributed by atoms with Crippen LogP contribution in [0, 0.1) is 0 Å². The van der Waals surface area contributed by atoms with Crippen LogP contribution in [0.5, 0.6) is 17.2 Å². The molecular weight excluding hydrogens is 396 g/mol. The van der Waals surface area contributed by atoms with E-state index in [1.165, 1.54) is 5.56 Å². The molecule has 0 amide bonds. The molecule has 0 saturated carbocycles. The molecule has 0 bridgehead atoms. The number of hydrogen-bond donors (Lipinski definition) is 3. The Morgan fingerprint density at radius 1 is 0.625 bits per heavy atom. The molecule has 0 aliphatic heterocycles. The highest BCUT2D eigenvalue weighted by Crippen LogP contribution is 2.37. The van der Waals surface area contributed by atoms with Gasteiger partial charge in [-0.3, -0.25) is 0 Å². The fourth-order valence-corrected chi connectivity index (χ4v) is 4.29. The van der Waals surface area contributed by atoms with Crippen molar-refractivity contribution in [2.45, 2.75) is 31.6 Å². The van der Waals surface area contributed by atoms with Crippen LogP contribution in [0.1, 0.15) is 47.6 Å². The largest absolute Gasteiger partial charge is 0.508 e. The molecular formula is C29H28O3. The lowest BCUT2D eigenvalue weighted by atomic mass is 9.77. The molecule has 0 aliphatic rings. The summed E-state index contributed by atoms with van der Waals surface area (Å²) in [5.41, 5.74) is 5.11. The van der Waals surface area contributed by atoms with Crippen molar-refractivity contribution < 1.29 is 15.3 Å². The van der Waals surface area contributed by atoms with Crippen LogP contribution in [0.25, 0.3) is 0 Å². The molecule has 0 aliphatic carbocycles. The van der Waals surface area contributed by atoms with Crippen LogP contribution >= 0.6 is 0 Å². The van der Waals surface area contributed by atoms with Gasteiger partial charge >= 0.3 is 0 Å². The van der Waals surface area contributed by atoms with Gasteiger partial charge in [-0.1, -0.05) is 80.6 Å². The highest BCUT2D eigenvalue weighted by molar-refractivity contribution is 5.46. The summed E-state index contributed by atoms with van der Waals surface area (Å²) in [6.07, 6.45) is 0.785. The van der Waals surface area contributed by atoms with E-state index in [1.54, 1.807) is 30.3 Å². The molecule has 3 N–H and O–H groups in total. The summed E-state index contributed by atoms with van der Waals surface area (Å²) in [5, 5.41) is 29.7. The monoisotopic (exact) mass is 424 g/mol. The predicted molar refractivity (Wildman–Crippen MR) is 128 cm³/mol. The van der Waals surface area contributed by atoms with Crippen LogP contribution in [0.15, 0.2) is 97.1 Å². The Kier molecular flexibility index (Phi) is 5.91. The molecule has 4 rings (SSSR count). The quantitative estimate of drug-likeness (QED) is 0.331. The summed E-state index contributed by atoms with van der Waals surface area (Å²) >= 11 is 0. The molecule has 0 heterocycles. The Morgan fingerprint density at radius 3 is 1.62 bits per heavy atom. The molecule has 0 unspecified atom stereocenters. The smallest absolute Gasteiger partial charge is 0.119 e. The lowest BCUT2D eigenvalue weighted by Gasteiger charge is -2.27. The number of phenolic OH excluding ortho intramolecular Hbond substituents is 3. The molecule has 0 fully saturated rings. The molecule has 3 nitrogen and oxygen atoms in total. The minimum atomic E-state index is -0.322. The van der Waals surface area contributed by atoms with Crippen LogP contribution in [0.3, 0.4) is 0 Å².